The Bertz CT molecular complexity index is 873. The summed E-state index contributed by atoms with van der Waals surface area (Å²) in [6.07, 6.45) is 6.85. The summed E-state index contributed by atoms with van der Waals surface area (Å²) in [5, 5.41) is 0. The smallest absolute Gasteiger partial charge is 0.126 e. The molecule has 2 saturated carbocycles. The van der Waals surface area contributed by atoms with Crippen LogP contribution in [0.3, 0.4) is 0 Å². The molecule has 4 fully saturated rings. The number of nitrogens with two attached hydrogens (primary N) is 1. The van der Waals surface area contributed by atoms with Crippen LogP contribution in [0.25, 0.3) is 11.3 Å². The fourth-order valence-electron chi connectivity index (χ4n) is 4.96. The third-order valence-corrected chi connectivity index (χ3v) is 7.03. The van der Waals surface area contributed by atoms with Gasteiger partial charge >= 0.3 is 0 Å². The van der Waals surface area contributed by atoms with Crippen molar-refractivity contribution in [2.75, 3.05) is 32.0 Å². The molecule has 2 aliphatic carbocycles. The summed E-state index contributed by atoms with van der Waals surface area (Å²) in [6, 6.07) is 2.78. The van der Waals surface area contributed by atoms with E-state index in [9.17, 15) is 0 Å². The fraction of sp³-hybridized carbons (Fsp3) is 0.619. The van der Waals surface area contributed by atoms with Gasteiger partial charge in [0.1, 0.15) is 11.6 Å². The molecule has 6 rings (SSSR count). The van der Waals surface area contributed by atoms with E-state index in [0.717, 1.165) is 54.3 Å². The van der Waals surface area contributed by atoms with Crippen LogP contribution >= 0.6 is 0 Å². The topological polar surface area (TPSA) is 69.2 Å². The second-order valence-electron chi connectivity index (χ2n) is 9.00. The average molecular weight is 365 g/mol. The number of piperidine rings is 1. The van der Waals surface area contributed by atoms with E-state index in [1.807, 2.05) is 13.1 Å². The summed E-state index contributed by atoms with van der Waals surface area (Å²) >= 11 is 0. The number of anilines is 1. The molecule has 3 atom stereocenters. The lowest BCUT2D eigenvalue weighted by Crippen LogP contribution is -2.48. The van der Waals surface area contributed by atoms with Gasteiger partial charge in [0.05, 0.1) is 24.9 Å². The lowest BCUT2D eigenvalue weighted by atomic mass is 10.1. The largest absolute Gasteiger partial charge is 0.383 e. The summed E-state index contributed by atoms with van der Waals surface area (Å²) in [5.74, 6) is 4.96. The number of aryl methyl sites for hydroxylation is 1. The maximum absolute atomic E-state index is 5.90. The van der Waals surface area contributed by atoms with Crippen molar-refractivity contribution in [2.24, 2.45) is 17.8 Å². The number of hydrogen-bond acceptors (Lipinski definition) is 5. The highest BCUT2D eigenvalue weighted by atomic mass is 16.5. The van der Waals surface area contributed by atoms with Gasteiger partial charge < -0.3 is 15.0 Å². The van der Waals surface area contributed by atoms with Gasteiger partial charge in [-0.05, 0) is 49.1 Å². The first-order valence-electron chi connectivity index (χ1n) is 10.3. The lowest BCUT2D eigenvalue weighted by molar-refractivity contribution is -0.0610. The number of likely N-dealkylation sites (tertiary alicyclic amines) is 1. The van der Waals surface area contributed by atoms with Gasteiger partial charge in [-0.15, -0.1) is 0 Å². The number of aromatic nitrogens is 3. The van der Waals surface area contributed by atoms with Crippen LogP contribution in [-0.4, -0.2) is 51.8 Å². The van der Waals surface area contributed by atoms with Gasteiger partial charge in [-0.1, -0.05) is 0 Å². The highest BCUT2D eigenvalue weighted by Crippen LogP contribution is 2.58. The molecule has 2 N–H and O–H groups in total. The van der Waals surface area contributed by atoms with Gasteiger partial charge in [0.2, 0.25) is 0 Å². The van der Waals surface area contributed by atoms with E-state index in [1.165, 1.54) is 31.8 Å². The summed E-state index contributed by atoms with van der Waals surface area (Å²) in [6.45, 7) is 7.43. The van der Waals surface area contributed by atoms with Crippen molar-refractivity contribution in [3.63, 3.8) is 0 Å². The Kier molecular flexibility index (Phi) is 3.44. The predicted molar refractivity (Wildman–Crippen MR) is 103 cm³/mol. The highest BCUT2D eigenvalue weighted by molar-refractivity contribution is 5.61. The number of fused-ring (bicyclic) bond motifs is 1. The molecule has 2 aromatic rings. The molecule has 4 aliphatic rings. The van der Waals surface area contributed by atoms with E-state index in [1.54, 1.807) is 0 Å². The van der Waals surface area contributed by atoms with Crippen LogP contribution in [-0.2, 0) is 11.3 Å². The number of hydrogen-bond donors (Lipinski definition) is 1. The Morgan fingerprint density at radius 3 is 2.63 bits per heavy atom. The first-order valence-corrected chi connectivity index (χ1v) is 10.3. The zero-order valence-corrected chi connectivity index (χ0v) is 15.8. The molecule has 2 aliphatic heterocycles. The van der Waals surface area contributed by atoms with E-state index < -0.39 is 0 Å². The number of pyridine rings is 1. The molecular weight excluding hydrogens is 338 g/mol. The summed E-state index contributed by atoms with van der Waals surface area (Å²) < 4.78 is 7.83. The molecular formula is C21H27N5O. The molecule has 0 radical (unpaired) electrons. The van der Waals surface area contributed by atoms with Crippen LogP contribution in [0.1, 0.15) is 30.1 Å². The van der Waals surface area contributed by atoms with Crippen LogP contribution in [0.5, 0.6) is 0 Å². The number of rotatable bonds is 5. The second kappa shape index (κ2) is 5.79. The standard InChI is InChI=1S/C21H27N5O/c1-12-4-14(5-23-20(12)22)18-9-26(6-13-2-3-13)21(24-18)19-16-7-25(8-17(16)19)15-10-27-11-15/h4-5,9,13,15-17,19H,2-3,6-8,10-11H2,1H3,(H2,22,23)/t16-,17+,19?. The Hall–Kier alpha value is -1.92. The van der Waals surface area contributed by atoms with Crippen LogP contribution in [0.2, 0.25) is 0 Å². The van der Waals surface area contributed by atoms with Crippen molar-refractivity contribution in [1.82, 2.24) is 19.4 Å². The van der Waals surface area contributed by atoms with Gasteiger partial charge in [0, 0.05) is 43.5 Å². The van der Waals surface area contributed by atoms with Crippen LogP contribution in [0.4, 0.5) is 5.82 Å². The van der Waals surface area contributed by atoms with Crippen molar-refractivity contribution in [2.45, 2.75) is 38.3 Å². The molecule has 0 amide bonds. The van der Waals surface area contributed by atoms with Crippen molar-refractivity contribution in [1.29, 1.82) is 0 Å². The SMILES string of the molecule is Cc1cc(-c2cn(CC3CC3)c(C3[C@H]4CN(C5COC5)C[C@@H]34)n2)cnc1N. The van der Waals surface area contributed by atoms with Crippen molar-refractivity contribution in [3.05, 3.63) is 29.8 Å². The van der Waals surface area contributed by atoms with Gasteiger partial charge in [0.15, 0.2) is 0 Å². The van der Waals surface area contributed by atoms with E-state index in [2.05, 4.69) is 26.7 Å². The van der Waals surface area contributed by atoms with Crippen molar-refractivity contribution in [3.8, 4) is 11.3 Å². The molecule has 4 heterocycles. The zero-order chi connectivity index (χ0) is 18.1. The van der Waals surface area contributed by atoms with Crippen LogP contribution in [0.15, 0.2) is 18.5 Å². The first-order chi connectivity index (χ1) is 13.2. The lowest BCUT2D eigenvalue weighted by Gasteiger charge is -2.35. The minimum absolute atomic E-state index is 0.605. The molecule has 142 valence electrons. The van der Waals surface area contributed by atoms with E-state index in [0.29, 0.717) is 17.8 Å². The third-order valence-electron chi connectivity index (χ3n) is 7.03. The molecule has 0 bridgehead atoms. The van der Waals surface area contributed by atoms with Gasteiger partial charge in [-0.2, -0.15) is 0 Å². The molecule has 6 heteroatoms. The average Bonchev–Trinajstić information content (AvgIpc) is 3.44. The Balaban J connectivity index is 1.27. The minimum Gasteiger partial charge on any atom is -0.383 e. The molecule has 0 spiro atoms. The van der Waals surface area contributed by atoms with E-state index in [4.69, 9.17) is 15.5 Å². The Morgan fingerprint density at radius 1 is 1.22 bits per heavy atom. The number of imidazole rings is 1. The molecule has 27 heavy (non-hydrogen) atoms. The highest BCUT2D eigenvalue weighted by Gasteiger charge is 2.59. The number of ether oxygens (including phenoxy) is 1. The van der Waals surface area contributed by atoms with Gasteiger partial charge in [-0.25, -0.2) is 9.97 Å². The van der Waals surface area contributed by atoms with E-state index in [-0.39, 0.29) is 0 Å². The molecule has 2 saturated heterocycles. The minimum atomic E-state index is 0.605. The Labute approximate surface area is 159 Å². The summed E-state index contributed by atoms with van der Waals surface area (Å²) in [5.41, 5.74) is 9.05. The van der Waals surface area contributed by atoms with E-state index >= 15 is 0 Å². The summed E-state index contributed by atoms with van der Waals surface area (Å²) in [7, 11) is 0. The predicted octanol–water partition coefficient (Wildman–Crippen LogP) is 2.29. The molecule has 6 nitrogen and oxygen atoms in total. The number of nitrogen functional groups attached to an aromatic ring is 1. The molecule has 0 aromatic carbocycles. The van der Waals surface area contributed by atoms with Crippen molar-refractivity contribution < 1.29 is 4.74 Å². The van der Waals surface area contributed by atoms with Gasteiger partial charge in [-0.3, -0.25) is 4.90 Å². The third kappa shape index (κ3) is 2.69. The van der Waals surface area contributed by atoms with Crippen LogP contribution in [0, 0.1) is 24.7 Å². The first kappa shape index (κ1) is 16.1. The normalized spacial score (nSPS) is 30.3. The zero-order valence-electron chi connectivity index (χ0n) is 15.8. The van der Waals surface area contributed by atoms with Crippen LogP contribution < -0.4 is 5.73 Å². The maximum atomic E-state index is 5.90. The Morgan fingerprint density at radius 2 is 2.00 bits per heavy atom. The number of nitrogens with zero attached hydrogens (tertiary/aromatic N) is 4. The molecule has 1 unspecified atom stereocenters. The molecule has 2 aromatic heterocycles. The quantitative estimate of drug-likeness (QED) is 0.880. The van der Waals surface area contributed by atoms with Crippen molar-refractivity contribution >= 4 is 5.82 Å². The monoisotopic (exact) mass is 365 g/mol. The second-order valence-corrected chi connectivity index (χ2v) is 9.00. The fourth-order valence-corrected chi connectivity index (χ4v) is 4.96. The summed E-state index contributed by atoms with van der Waals surface area (Å²) in [4.78, 5) is 12.1. The maximum Gasteiger partial charge on any atom is 0.126 e. The van der Waals surface area contributed by atoms with Gasteiger partial charge in [0.25, 0.3) is 0 Å².